The van der Waals surface area contributed by atoms with Gasteiger partial charge >= 0.3 is 34.5 Å². The van der Waals surface area contributed by atoms with Gasteiger partial charge in [0.05, 0.1) is 0 Å². The van der Waals surface area contributed by atoms with E-state index in [-0.39, 0.29) is 27.2 Å². The second-order valence-electron chi connectivity index (χ2n) is 11.7. The van der Waals surface area contributed by atoms with Gasteiger partial charge in [0, 0.05) is 77.0 Å². The molecule has 0 heterocycles. The number of terminal acetylenes is 4. The summed E-state index contributed by atoms with van der Waals surface area (Å²) in [6.07, 6.45) is 21.6. The molecule has 0 amide bonds. The molecule has 0 radical (unpaired) electrons. The molecule has 4 rings (SSSR count). The summed E-state index contributed by atoms with van der Waals surface area (Å²) in [4.78, 5) is 0. The molecule has 0 saturated carbocycles. The maximum atomic E-state index is 6.15. The van der Waals surface area contributed by atoms with Crippen LogP contribution in [0.25, 0.3) is 0 Å². The van der Waals surface area contributed by atoms with E-state index in [1.165, 1.54) is 0 Å². The van der Waals surface area contributed by atoms with Gasteiger partial charge in [-0.25, -0.2) is 0 Å². The first-order valence-corrected chi connectivity index (χ1v) is 25.0. The van der Waals surface area contributed by atoms with E-state index in [1.54, 1.807) is 0 Å². The van der Waals surface area contributed by atoms with Crippen LogP contribution in [0.15, 0.2) is 97.1 Å². The van der Waals surface area contributed by atoms with E-state index in [2.05, 4.69) is 154 Å². The predicted octanol–water partition coefficient (Wildman–Crippen LogP) is 7.73. The van der Waals surface area contributed by atoms with Crippen molar-refractivity contribution >= 4 is 45.8 Å². The second-order valence-corrected chi connectivity index (χ2v) is 18.0. The summed E-state index contributed by atoms with van der Waals surface area (Å²) in [6, 6.07) is 32.1. The Morgan fingerprint density at radius 2 is 0.783 bits per heavy atom. The standard InChI is InChI=1S/C39H18P2.C14H16N2.2ClH.Ru/c1-7-11-15-19-27-40(28-20-16-12-8-2)38-31-34(5)23-25-36(38)33-37-26-24-35(6)32-39(37)41(29-21-17-13-9-3)30-22-18-14-10-4;15-13(11-7-3-1-4-8-11)14(16)12-9-5-2-6-10-12;;;/h1-4,23-26,31-32H,33H2,5-6H3;1-10,13-14H,15-16H2;2*1H;/q;;;;+4. The zero-order chi connectivity index (χ0) is 43.8. The zero-order valence-electron chi connectivity index (χ0n) is 32.7. The van der Waals surface area contributed by atoms with Gasteiger partial charge in [-0.2, -0.15) is 0 Å². The molecule has 2 unspecified atom stereocenters. The quantitative estimate of drug-likeness (QED) is 0.113. The van der Waals surface area contributed by atoms with Crippen molar-refractivity contribution in [2.75, 3.05) is 0 Å². The fourth-order valence-electron chi connectivity index (χ4n) is 5.10. The Morgan fingerprint density at radius 1 is 0.483 bits per heavy atom. The molecule has 0 bridgehead atoms. The van der Waals surface area contributed by atoms with E-state index < -0.39 is 15.8 Å². The van der Waals surface area contributed by atoms with Crippen LogP contribution < -0.4 is 22.1 Å². The van der Waals surface area contributed by atoms with Gasteiger partial charge in [0.25, 0.3) is 0 Å². The average Bonchev–Trinajstić information content (AvgIpc) is 3.27. The normalized spacial score (nSPS) is 9.33. The summed E-state index contributed by atoms with van der Waals surface area (Å²) in [5.74, 6) is 41.3. The van der Waals surface area contributed by atoms with Crippen LogP contribution in [0.3, 0.4) is 0 Å². The fourth-order valence-corrected chi connectivity index (χ4v) is 8.24. The molecule has 60 heavy (non-hydrogen) atoms. The summed E-state index contributed by atoms with van der Waals surface area (Å²) in [5, 5.41) is 2.08. The molecule has 0 fully saturated rings. The molecule has 0 spiro atoms. The van der Waals surface area contributed by atoms with Crippen molar-refractivity contribution in [3.05, 3.63) is 130 Å². The van der Waals surface area contributed by atoms with Crippen molar-refractivity contribution in [3.8, 4) is 143 Å². The van der Waals surface area contributed by atoms with Gasteiger partial charge in [-0.3, -0.25) is 0 Å². The van der Waals surface area contributed by atoms with E-state index in [0.717, 1.165) is 44.0 Å². The molecule has 4 aromatic rings. The fraction of sp³-hybridized carbons (Fsp3) is 0.0943. The average molecular weight is 935 g/mol. The molecule has 4 N–H and O–H groups in total. The maximum absolute atomic E-state index is 6.15. The minimum atomic E-state index is -1.72. The Hall–Kier alpha value is -6.42. The van der Waals surface area contributed by atoms with E-state index in [1.807, 2.05) is 74.5 Å². The summed E-state index contributed by atoms with van der Waals surface area (Å²) in [5.41, 5.74) is 31.6. The summed E-state index contributed by atoms with van der Waals surface area (Å²) >= 11 is -0.346. The molecular formula is C53H36Cl2N2P2Ru+4. The zero-order valence-corrected chi connectivity index (χ0v) is 37.9. The van der Waals surface area contributed by atoms with Gasteiger partial charge < -0.3 is 11.5 Å². The minimum absolute atomic E-state index is 0.163. The summed E-state index contributed by atoms with van der Waals surface area (Å²) in [7, 11) is 6.27. The molecule has 0 aliphatic carbocycles. The Bertz CT molecular complexity index is 2510. The van der Waals surface area contributed by atoms with Gasteiger partial charge in [0.15, 0.2) is 15.8 Å². The van der Waals surface area contributed by atoms with Crippen LogP contribution >= 0.6 is 35.2 Å². The number of hydrogen-bond donors (Lipinski definition) is 2. The van der Waals surface area contributed by atoms with E-state index in [0.29, 0.717) is 6.42 Å². The van der Waals surface area contributed by atoms with Gasteiger partial charge in [-0.1, -0.05) is 84.9 Å². The van der Waals surface area contributed by atoms with Crippen LogP contribution in [-0.4, -0.2) is 0 Å². The van der Waals surface area contributed by atoms with Crippen LogP contribution in [0.1, 0.15) is 45.5 Å². The van der Waals surface area contributed by atoms with Crippen LogP contribution in [0.5, 0.6) is 0 Å². The molecule has 2 atom stereocenters. The molecular weight excluding hydrogens is 899 g/mol. The summed E-state index contributed by atoms with van der Waals surface area (Å²) < 4.78 is 0. The summed E-state index contributed by atoms with van der Waals surface area (Å²) in [6.45, 7) is 4.06. The number of rotatable bonds is 7. The number of hydrogen-bond acceptors (Lipinski definition) is 2. The van der Waals surface area contributed by atoms with Crippen LogP contribution in [0, 0.1) is 157 Å². The second kappa shape index (κ2) is 30.6. The van der Waals surface area contributed by atoms with Crippen LogP contribution in [0.4, 0.5) is 0 Å². The van der Waals surface area contributed by atoms with E-state index in [9.17, 15) is 0 Å². The molecule has 4 aromatic carbocycles. The molecule has 0 saturated heterocycles. The number of benzene rings is 4. The molecule has 0 aliphatic heterocycles. The molecule has 2 nitrogen and oxygen atoms in total. The first-order valence-electron chi connectivity index (χ1n) is 17.5. The third-order valence-corrected chi connectivity index (χ3v) is 11.3. The third-order valence-electron chi connectivity index (χ3n) is 7.74. The molecule has 0 aliphatic rings. The Labute approximate surface area is 375 Å². The van der Waals surface area contributed by atoms with Gasteiger partial charge in [-0.15, -0.1) is 25.7 Å². The van der Waals surface area contributed by atoms with Gasteiger partial charge in [-0.05, 0) is 95.6 Å². The van der Waals surface area contributed by atoms with Crippen molar-refractivity contribution in [2.24, 2.45) is 11.5 Å². The molecule has 286 valence electrons. The molecule has 0 aromatic heterocycles. The topological polar surface area (TPSA) is 52.0 Å². The number of nitrogens with two attached hydrogens (primary N) is 2. The Morgan fingerprint density at radius 3 is 1.07 bits per heavy atom. The van der Waals surface area contributed by atoms with Gasteiger partial charge in [0.2, 0.25) is 0 Å². The van der Waals surface area contributed by atoms with E-state index >= 15 is 0 Å². The van der Waals surface area contributed by atoms with Crippen molar-refractivity contribution in [2.45, 2.75) is 32.4 Å². The van der Waals surface area contributed by atoms with Crippen molar-refractivity contribution in [3.63, 3.8) is 0 Å². The Kier molecular flexibility index (Phi) is 25.4. The first kappa shape index (κ1) is 49.7. The predicted molar refractivity (Wildman–Crippen MR) is 257 cm³/mol. The Balaban J connectivity index is 0.000000535. The first-order chi connectivity index (χ1) is 29.2. The monoisotopic (exact) mass is 934 g/mol. The van der Waals surface area contributed by atoms with Crippen molar-refractivity contribution in [1.82, 2.24) is 0 Å². The van der Waals surface area contributed by atoms with Crippen LogP contribution in [-0.2, 0) is 21.6 Å². The number of aryl methyl sites for hydroxylation is 2. The SMILES string of the molecule is C#CC#CC#C[PH+](C#CC#CC#C)c1cc(C)ccc1Cc1ccc(C)cc1[PH+](C#CC#CC#C)C#CC#CC#C.NC(c1ccccc1)C(N)c1ccccc1.[Cl][Ru+2][Cl]. The molecule has 7 heteroatoms. The van der Waals surface area contributed by atoms with Crippen LogP contribution in [0.2, 0.25) is 0 Å². The van der Waals surface area contributed by atoms with Crippen molar-refractivity contribution in [1.29, 1.82) is 0 Å². The van der Waals surface area contributed by atoms with E-state index in [4.69, 9.17) is 56.5 Å². The number of halogens is 2. The van der Waals surface area contributed by atoms with Crippen molar-refractivity contribution < 1.29 is 15.1 Å². The third kappa shape index (κ3) is 18.9. The van der Waals surface area contributed by atoms with Gasteiger partial charge in [0.1, 0.15) is 33.3 Å².